The third-order valence-electron chi connectivity index (χ3n) is 16.0. The van der Waals surface area contributed by atoms with Gasteiger partial charge >= 0.3 is 17.9 Å². The fraction of sp³-hybridized carbons (Fsp3) is 0.851. The van der Waals surface area contributed by atoms with E-state index in [1.54, 1.807) is 0 Å². The van der Waals surface area contributed by atoms with Gasteiger partial charge in [0.1, 0.15) is 13.2 Å². The summed E-state index contributed by atoms with van der Waals surface area (Å²) in [5.74, 6) is -0.874. The van der Waals surface area contributed by atoms with Crippen LogP contribution in [0.15, 0.2) is 48.6 Å². The first-order valence-electron chi connectivity index (χ1n) is 35.6. The topological polar surface area (TPSA) is 78.9 Å². The number of esters is 3. The van der Waals surface area contributed by atoms with Crippen molar-refractivity contribution < 1.29 is 28.6 Å². The summed E-state index contributed by atoms with van der Waals surface area (Å²) >= 11 is 0. The molecule has 468 valence electrons. The highest BCUT2D eigenvalue weighted by atomic mass is 16.6. The van der Waals surface area contributed by atoms with Crippen LogP contribution >= 0.6 is 0 Å². The molecule has 6 nitrogen and oxygen atoms in total. The fourth-order valence-electron chi connectivity index (χ4n) is 10.7. The maximum absolute atomic E-state index is 12.9. The lowest BCUT2D eigenvalue weighted by molar-refractivity contribution is -0.167. The number of rotatable bonds is 66. The Morgan fingerprint density at radius 3 is 0.775 bits per heavy atom. The van der Waals surface area contributed by atoms with E-state index in [1.165, 1.54) is 263 Å². The smallest absolute Gasteiger partial charge is 0.306 e. The SMILES string of the molecule is CCC/C=C\CCCCCCCC(=O)OCC(COC(=O)CCCCCCCCCCCCCCCCCCCCCCCCC/C=C\CCCCCCCCCC)OC(=O)CCCCCCCCC/C=C\C/C=C\CCCCC. The summed E-state index contributed by atoms with van der Waals surface area (Å²) in [5.41, 5.74) is 0. The predicted octanol–water partition coefficient (Wildman–Crippen LogP) is 24.5. The summed E-state index contributed by atoms with van der Waals surface area (Å²) in [7, 11) is 0. The van der Waals surface area contributed by atoms with Gasteiger partial charge in [0.05, 0.1) is 0 Å². The lowest BCUT2D eigenvalue weighted by Crippen LogP contribution is -2.30. The van der Waals surface area contributed by atoms with Crippen molar-refractivity contribution in [1.29, 1.82) is 0 Å². The molecule has 0 rings (SSSR count). The number of allylic oxidation sites excluding steroid dienone is 8. The molecule has 0 aromatic rings. The van der Waals surface area contributed by atoms with Crippen molar-refractivity contribution in [1.82, 2.24) is 0 Å². The summed E-state index contributed by atoms with van der Waals surface area (Å²) in [6, 6.07) is 0. The number of carbonyl (C=O) groups is 3. The third kappa shape index (κ3) is 66.2. The molecule has 6 heteroatoms. The summed E-state index contributed by atoms with van der Waals surface area (Å²) in [6.07, 6.45) is 87.5. The monoisotopic (exact) mass is 1120 g/mol. The van der Waals surface area contributed by atoms with Crippen LogP contribution in [0.1, 0.15) is 387 Å². The van der Waals surface area contributed by atoms with Gasteiger partial charge in [0.25, 0.3) is 0 Å². The Morgan fingerprint density at radius 1 is 0.250 bits per heavy atom. The molecule has 1 atom stereocenters. The Kier molecular flexibility index (Phi) is 66.6. The number of hydrogen-bond acceptors (Lipinski definition) is 6. The molecule has 0 saturated heterocycles. The van der Waals surface area contributed by atoms with Crippen molar-refractivity contribution >= 4 is 17.9 Å². The molecule has 0 N–H and O–H groups in total. The van der Waals surface area contributed by atoms with Gasteiger partial charge in [-0.05, 0) is 96.3 Å². The van der Waals surface area contributed by atoms with Crippen LogP contribution in [-0.4, -0.2) is 37.2 Å². The molecule has 0 spiro atoms. The van der Waals surface area contributed by atoms with Crippen molar-refractivity contribution in [2.45, 2.75) is 393 Å². The van der Waals surface area contributed by atoms with Gasteiger partial charge < -0.3 is 14.2 Å². The summed E-state index contributed by atoms with van der Waals surface area (Å²) in [4.78, 5) is 38.2. The Balaban J connectivity index is 4.01. The summed E-state index contributed by atoms with van der Waals surface area (Å²) < 4.78 is 16.9. The molecule has 0 heterocycles. The van der Waals surface area contributed by atoms with Gasteiger partial charge in [0.2, 0.25) is 0 Å². The largest absolute Gasteiger partial charge is 0.462 e. The van der Waals surface area contributed by atoms with Crippen LogP contribution < -0.4 is 0 Å². The Hall–Kier alpha value is -2.63. The van der Waals surface area contributed by atoms with Crippen molar-refractivity contribution in [3.8, 4) is 0 Å². The molecule has 80 heavy (non-hydrogen) atoms. The zero-order chi connectivity index (χ0) is 57.8. The first-order valence-corrected chi connectivity index (χ1v) is 35.6. The second-order valence-corrected chi connectivity index (χ2v) is 24.1. The van der Waals surface area contributed by atoms with Crippen molar-refractivity contribution in [2.24, 2.45) is 0 Å². The van der Waals surface area contributed by atoms with E-state index in [2.05, 4.69) is 69.4 Å². The number of ether oxygens (including phenoxy) is 3. The average Bonchev–Trinajstić information content (AvgIpc) is 3.46. The molecule has 0 saturated carbocycles. The molecular formula is C74H136O6. The molecule has 0 radical (unpaired) electrons. The Bertz CT molecular complexity index is 1380. The molecule has 0 fully saturated rings. The molecule has 0 bridgehead atoms. The van der Waals surface area contributed by atoms with E-state index in [4.69, 9.17) is 14.2 Å². The summed E-state index contributed by atoms with van der Waals surface area (Å²) in [6.45, 7) is 6.59. The molecule has 1 unspecified atom stereocenters. The molecule has 0 aliphatic rings. The van der Waals surface area contributed by atoms with Gasteiger partial charge in [0.15, 0.2) is 6.10 Å². The molecular weight excluding hydrogens is 985 g/mol. The van der Waals surface area contributed by atoms with Crippen LogP contribution in [-0.2, 0) is 28.6 Å². The lowest BCUT2D eigenvalue weighted by atomic mass is 10.0. The Labute approximate surface area is 498 Å². The number of hydrogen-bond donors (Lipinski definition) is 0. The maximum Gasteiger partial charge on any atom is 0.306 e. The van der Waals surface area contributed by atoms with Crippen molar-refractivity contribution in [2.75, 3.05) is 13.2 Å². The van der Waals surface area contributed by atoms with E-state index in [0.29, 0.717) is 19.3 Å². The quantitative estimate of drug-likeness (QED) is 0.0261. The molecule has 0 aromatic carbocycles. The van der Waals surface area contributed by atoms with Crippen LogP contribution in [0.3, 0.4) is 0 Å². The summed E-state index contributed by atoms with van der Waals surface area (Å²) in [5, 5.41) is 0. The highest BCUT2D eigenvalue weighted by molar-refractivity contribution is 5.71. The van der Waals surface area contributed by atoms with Gasteiger partial charge in [-0.15, -0.1) is 0 Å². The zero-order valence-corrected chi connectivity index (χ0v) is 53.9. The average molecular weight is 1120 g/mol. The lowest BCUT2D eigenvalue weighted by Gasteiger charge is -2.18. The van der Waals surface area contributed by atoms with Crippen LogP contribution in [0.2, 0.25) is 0 Å². The van der Waals surface area contributed by atoms with E-state index >= 15 is 0 Å². The van der Waals surface area contributed by atoms with Crippen molar-refractivity contribution in [3.05, 3.63) is 48.6 Å². The molecule has 0 aliphatic carbocycles. The molecule has 0 amide bonds. The number of carbonyl (C=O) groups excluding carboxylic acids is 3. The standard InChI is InChI=1S/C74H136O6/c1-4-7-10-13-16-19-22-24-26-28-29-30-31-32-33-34-35-36-37-38-39-40-41-42-43-44-45-47-48-50-52-55-58-61-64-67-73(76)79-70-71(69-78-72(75)66-63-60-57-54-21-18-15-12-9-6-3)80-74(77)68-65-62-59-56-53-51-49-46-27-25-23-20-17-14-11-8-5-2/h12,15,17,20,25,27-29,71H,4-11,13-14,16,18-19,21-24,26,30-70H2,1-3H3/b15-12-,20-17-,27-25-,29-28-. The van der Waals surface area contributed by atoms with Crippen LogP contribution in [0.4, 0.5) is 0 Å². The van der Waals surface area contributed by atoms with E-state index in [0.717, 1.165) is 83.5 Å². The third-order valence-corrected chi connectivity index (χ3v) is 16.0. The first-order chi connectivity index (χ1) is 39.5. The van der Waals surface area contributed by atoms with E-state index in [-0.39, 0.29) is 31.1 Å². The van der Waals surface area contributed by atoms with Crippen molar-refractivity contribution in [3.63, 3.8) is 0 Å². The minimum absolute atomic E-state index is 0.0754. The molecule has 0 aliphatic heterocycles. The number of unbranched alkanes of at least 4 members (excludes halogenated alkanes) is 47. The van der Waals surface area contributed by atoms with Gasteiger partial charge in [-0.1, -0.05) is 320 Å². The predicted molar refractivity (Wildman–Crippen MR) is 349 cm³/mol. The minimum atomic E-state index is -0.779. The zero-order valence-electron chi connectivity index (χ0n) is 53.9. The highest BCUT2D eigenvalue weighted by Gasteiger charge is 2.19. The second-order valence-electron chi connectivity index (χ2n) is 24.1. The normalized spacial score (nSPS) is 12.3. The van der Waals surface area contributed by atoms with Crippen LogP contribution in [0.25, 0.3) is 0 Å². The first kappa shape index (κ1) is 77.4. The van der Waals surface area contributed by atoms with E-state index in [9.17, 15) is 14.4 Å². The van der Waals surface area contributed by atoms with Gasteiger partial charge in [-0.25, -0.2) is 0 Å². The van der Waals surface area contributed by atoms with E-state index < -0.39 is 6.10 Å². The highest BCUT2D eigenvalue weighted by Crippen LogP contribution is 2.18. The van der Waals surface area contributed by atoms with Gasteiger partial charge in [-0.2, -0.15) is 0 Å². The second kappa shape index (κ2) is 68.9. The molecule has 0 aromatic heterocycles. The van der Waals surface area contributed by atoms with Gasteiger partial charge in [-0.3, -0.25) is 14.4 Å². The van der Waals surface area contributed by atoms with Crippen LogP contribution in [0.5, 0.6) is 0 Å². The minimum Gasteiger partial charge on any atom is -0.462 e. The van der Waals surface area contributed by atoms with E-state index in [1.807, 2.05) is 0 Å². The fourth-order valence-corrected chi connectivity index (χ4v) is 10.7. The van der Waals surface area contributed by atoms with Crippen LogP contribution in [0, 0.1) is 0 Å². The Morgan fingerprint density at radius 2 is 0.475 bits per heavy atom. The maximum atomic E-state index is 12.9. The van der Waals surface area contributed by atoms with Gasteiger partial charge in [0, 0.05) is 19.3 Å².